The van der Waals surface area contributed by atoms with Crippen molar-refractivity contribution in [1.82, 2.24) is 19.8 Å². The Balaban J connectivity index is 0.923. The molecule has 73 heavy (non-hydrogen) atoms. The number of allylic oxidation sites excluding steroid dienone is 13. The molecule has 9 heteroatoms. The molecule has 0 bridgehead atoms. The minimum absolute atomic E-state index is 0.00400. The topological polar surface area (TPSA) is 97.8 Å². The van der Waals surface area contributed by atoms with Crippen LogP contribution < -0.4 is 10.6 Å². The minimum Gasteiger partial charge on any atom is -0.489 e. The average molecular weight is 961 g/mol. The zero-order chi connectivity index (χ0) is 47.9. The van der Waals surface area contributed by atoms with E-state index in [-0.39, 0.29) is 72.3 Å². The number of nitriles is 1. The molecule has 9 nitrogen and oxygen atoms in total. The van der Waals surface area contributed by atoms with E-state index in [0.717, 1.165) is 98.5 Å². The van der Waals surface area contributed by atoms with Crippen molar-refractivity contribution in [2.75, 3.05) is 0 Å². The first-order valence-corrected chi connectivity index (χ1v) is 27.5. The van der Waals surface area contributed by atoms with Gasteiger partial charge >= 0.3 is 0 Å². The number of amidine groups is 1. The second-order valence-electron chi connectivity index (χ2n) is 22.4. The molecule has 13 unspecified atom stereocenters. The van der Waals surface area contributed by atoms with Crippen molar-refractivity contribution in [2.24, 2.45) is 34.6 Å². The van der Waals surface area contributed by atoms with Crippen LogP contribution in [0, 0.1) is 40.9 Å². The van der Waals surface area contributed by atoms with Gasteiger partial charge < -0.3 is 28.7 Å². The fraction of sp³-hybridized carbons (Fsp3) is 0.375. The van der Waals surface area contributed by atoms with Crippen molar-refractivity contribution in [3.63, 3.8) is 0 Å². The Morgan fingerprint density at radius 1 is 0.795 bits per heavy atom. The summed E-state index contributed by atoms with van der Waals surface area (Å²) in [5.74, 6) is 4.51. The number of rotatable bonds is 5. The lowest BCUT2D eigenvalue weighted by Crippen LogP contribution is -2.59. The predicted octanol–water partition coefficient (Wildman–Crippen LogP) is 12.1. The molecule has 0 spiro atoms. The third-order valence-corrected chi connectivity index (χ3v) is 18.7. The number of aliphatic imine (C=N–C) groups is 1. The lowest BCUT2D eigenvalue weighted by Gasteiger charge is -2.42. The molecule has 0 saturated carbocycles. The van der Waals surface area contributed by atoms with Crippen LogP contribution >= 0.6 is 0 Å². The molecule has 4 aliphatic heterocycles. The van der Waals surface area contributed by atoms with Crippen LogP contribution in [0.4, 0.5) is 0 Å². The molecule has 13 atom stereocenters. The van der Waals surface area contributed by atoms with Crippen LogP contribution in [0.3, 0.4) is 0 Å². The number of aromatic nitrogens is 2. The first kappa shape index (κ1) is 42.6. The van der Waals surface area contributed by atoms with Crippen LogP contribution in [0.1, 0.15) is 110 Å². The van der Waals surface area contributed by atoms with E-state index < -0.39 is 5.92 Å². The largest absolute Gasteiger partial charge is 0.489 e. The van der Waals surface area contributed by atoms with Crippen LogP contribution in [-0.4, -0.2) is 45.6 Å². The summed E-state index contributed by atoms with van der Waals surface area (Å²) in [5.41, 5.74) is 14.1. The molecule has 364 valence electrons. The van der Waals surface area contributed by atoms with Gasteiger partial charge in [0.15, 0.2) is 0 Å². The number of nitrogens with zero attached hydrogens (tertiary/aromatic N) is 4. The molecular formula is C64H60N6O3. The summed E-state index contributed by atoms with van der Waals surface area (Å²) in [5, 5.41) is 21.3. The Kier molecular flexibility index (Phi) is 9.68. The third-order valence-electron chi connectivity index (χ3n) is 18.7. The number of benzene rings is 1. The predicted molar refractivity (Wildman–Crippen MR) is 286 cm³/mol. The number of nitrogens with one attached hydrogen (secondary N) is 2. The van der Waals surface area contributed by atoms with Crippen LogP contribution in [0.5, 0.6) is 0 Å². The second-order valence-corrected chi connectivity index (χ2v) is 22.4. The summed E-state index contributed by atoms with van der Waals surface area (Å²) in [6.45, 7) is 0. The molecular weight excluding hydrogens is 901 g/mol. The minimum atomic E-state index is -0.438. The molecule has 9 aliphatic carbocycles. The highest BCUT2D eigenvalue weighted by Gasteiger charge is 2.51. The van der Waals surface area contributed by atoms with Crippen molar-refractivity contribution in [3.05, 3.63) is 195 Å². The fourth-order valence-corrected chi connectivity index (χ4v) is 15.6. The molecule has 2 saturated heterocycles. The van der Waals surface area contributed by atoms with Crippen LogP contribution in [-0.2, 0) is 27.1 Å². The quantitative estimate of drug-likeness (QED) is 0.247. The van der Waals surface area contributed by atoms with E-state index in [9.17, 15) is 5.26 Å². The molecule has 2 aromatic heterocycles. The Morgan fingerprint density at radius 2 is 1.70 bits per heavy atom. The van der Waals surface area contributed by atoms with Gasteiger partial charge in [-0.25, -0.2) is 4.99 Å². The van der Waals surface area contributed by atoms with E-state index in [0.29, 0.717) is 6.42 Å². The first-order chi connectivity index (χ1) is 36.2. The maximum absolute atomic E-state index is 11.9. The van der Waals surface area contributed by atoms with Gasteiger partial charge in [0, 0.05) is 86.2 Å². The monoisotopic (exact) mass is 960 g/mol. The van der Waals surface area contributed by atoms with Gasteiger partial charge in [-0.15, -0.1) is 0 Å². The van der Waals surface area contributed by atoms with Crippen molar-refractivity contribution >= 4 is 34.5 Å². The standard InChI is InChI=1S/C64H60N6O3/c65-35-37-33-47(64-67-62(36-15-2-1-3-16-36)66-63(68-64)46-23-14-22-43-40-19-6-11-26-52(40)73-61(43)46)51(70-49-25-10-5-18-39(49)42-30-32-56-58(60(42)70)45-21-8-13-28-54(45)72-56)34-50(37)69-48-24-9-4-17-38(48)41-29-31-55-57(59(41)69)44-20-7-12-27-53(44)71-55/h2,4-5,7-8,10,12-15,17-21,23,25-28,30,32-33,36-37,43-45,50-51,53-54,56,58,62-63,66H,1,3,6,9,11,16,22,24,29,31,34H2,(H,67,68). The lowest BCUT2D eigenvalue weighted by molar-refractivity contribution is 0.0901. The van der Waals surface area contributed by atoms with E-state index in [1.165, 1.54) is 55.8 Å². The highest BCUT2D eigenvalue weighted by molar-refractivity contribution is 6.01. The van der Waals surface area contributed by atoms with Gasteiger partial charge in [-0.2, -0.15) is 5.26 Å². The third kappa shape index (κ3) is 6.36. The smallest absolute Gasteiger partial charge is 0.132 e. The Morgan fingerprint density at radius 3 is 2.63 bits per heavy atom. The summed E-state index contributed by atoms with van der Waals surface area (Å²) in [4.78, 5) is 5.86. The Labute approximate surface area is 427 Å². The van der Waals surface area contributed by atoms with E-state index >= 15 is 0 Å². The number of ether oxygens (including phenoxy) is 3. The van der Waals surface area contributed by atoms with Crippen LogP contribution in [0.2, 0.25) is 0 Å². The van der Waals surface area contributed by atoms with Gasteiger partial charge in [0.05, 0.1) is 48.1 Å². The highest BCUT2D eigenvalue weighted by Crippen LogP contribution is 2.56. The maximum atomic E-state index is 11.9. The molecule has 13 aliphatic rings. The van der Waals surface area contributed by atoms with Gasteiger partial charge in [-0.1, -0.05) is 121 Å². The number of hydrogen-bond acceptors (Lipinski definition) is 7. The second kappa shape index (κ2) is 16.6. The summed E-state index contributed by atoms with van der Waals surface area (Å²) < 4.78 is 26.1. The summed E-state index contributed by atoms with van der Waals surface area (Å²) in [6.07, 6.45) is 54.0. The van der Waals surface area contributed by atoms with Gasteiger partial charge in [-0.05, 0) is 93.6 Å². The molecule has 2 fully saturated rings. The molecule has 0 radical (unpaired) electrons. The Bertz CT molecular complexity index is 3430. The van der Waals surface area contributed by atoms with Gasteiger partial charge in [0.1, 0.15) is 35.4 Å². The first-order valence-electron chi connectivity index (χ1n) is 27.5. The van der Waals surface area contributed by atoms with Crippen molar-refractivity contribution < 1.29 is 14.2 Å². The van der Waals surface area contributed by atoms with Crippen molar-refractivity contribution in [1.29, 1.82) is 5.26 Å². The van der Waals surface area contributed by atoms with Crippen LogP contribution in [0.25, 0.3) is 28.6 Å². The molecule has 3 aromatic rings. The lowest BCUT2D eigenvalue weighted by atomic mass is 9.77. The van der Waals surface area contributed by atoms with E-state index in [1.807, 2.05) is 0 Å². The molecule has 1 aromatic carbocycles. The summed E-state index contributed by atoms with van der Waals surface area (Å²) in [6, 6.07) is 11.7. The van der Waals surface area contributed by atoms with Gasteiger partial charge in [0.2, 0.25) is 0 Å². The highest BCUT2D eigenvalue weighted by atomic mass is 16.5. The Hall–Kier alpha value is -6.86. The molecule has 0 amide bonds. The van der Waals surface area contributed by atoms with Gasteiger partial charge in [-0.3, -0.25) is 5.32 Å². The van der Waals surface area contributed by atoms with Crippen molar-refractivity contribution in [2.45, 2.75) is 119 Å². The summed E-state index contributed by atoms with van der Waals surface area (Å²) >= 11 is 0. The zero-order valence-electron chi connectivity index (χ0n) is 41.1. The number of para-hydroxylation sites is 1. The van der Waals surface area contributed by atoms with E-state index in [4.69, 9.17) is 19.2 Å². The zero-order valence-corrected chi connectivity index (χ0v) is 41.1. The van der Waals surface area contributed by atoms with Crippen molar-refractivity contribution in [3.8, 4) is 6.07 Å². The number of hydrogen-bond donors (Lipinski definition) is 2. The van der Waals surface area contributed by atoms with Gasteiger partial charge in [0.25, 0.3) is 0 Å². The van der Waals surface area contributed by atoms with E-state index in [2.05, 4.69) is 166 Å². The maximum Gasteiger partial charge on any atom is 0.132 e. The molecule has 2 N–H and O–H groups in total. The van der Waals surface area contributed by atoms with E-state index in [1.54, 1.807) is 0 Å². The SMILES string of the molecule is N#CC1C=C(C2=NC(C3=C4OC5=CCCC=C5C4CC=C3)NC(C3C=CCCC3)N2)C(n2c3c(c4ccccc42)C=CC2OC4C=CC=CC4C32)CC1n1c2c(c3c1C1=C(CC3)OC3C=CC=CC13)C=CCC2. The fourth-order valence-electron chi connectivity index (χ4n) is 15.6. The molecule has 6 heterocycles. The normalized spacial score (nSPS) is 35.5. The average Bonchev–Trinajstić information content (AvgIpc) is 4.27. The van der Waals surface area contributed by atoms with Crippen LogP contribution in [0.15, 0.2) is 167 Å². The summed E-state index contributed by atoms with van der Waals surface area (Å²) in [7, 11) is 0. The number of fused-ring (bicyclic) bond motifs is 16. The molecule has 16 rings (SSSR count).